The predicted octanol–water partition coefficient (Wildman–Crippen LogP) is 3.96. The average Bonchev–Trinajstić information content (AvgIpc) is 2.90. The third-order valence-corrected chi connectivity index (χ3v) is 6.81. The summed E-state index contributed by atoms with van der Waals surface area (Å²) in [5.74, 6) is 0.321. The van der Waals surface area contributed by atoms with Gasteiger partial charge in [0.15, 0.2) is 0 Å². The Hall–Kier alpha value is -0.590. The van der Waals surface area contributed by atoms with E-state index in [9.17, 15) is 8.42 Å². The molecule has 0 unspecified atom stereocenters. The second-order valence-corrected chi connectivity index (χ2v) is 8.39. The molecular formula is C13H13Cl2NO2S2. The second kappa shape index (κ2) is 6.45. The van der Waals surface area contributed by atoms with Crippen molar-refractivity contribution in [1.82, 2.24) is 4.31 Å². The summed E-state index contributed by atoms with van der Waals surface area (Å²) >= 11 is 12.7. The molecule has 2 rings (SSSR count). The summed E-state index contributed by atoms with van der Waals surface area (Å²) in [6.07, 6.45) is 0. The Morgan fingerprint density at radius 1 is 1.15 bits per heavy atom. The highest BCUT2D eigenvalue weighted by Gasteiger charge is 2.22. The molecule has 0 atom stereocenters. The average molecular weight is 350 g/mol. The Labute approximate surface area is 132 Å². The van der Waals surface area contributed by atoms with Gasteiger partial charge in [-0.2, -0.15) is 4.31 Å². The van der Waals surface area contributed by atoms with E-state index < -0.39 is 10.0 Å². The SMILES string of the molecule is CN(Cc1ccc(Cl)cc1)S(=O)(=O)c1ccc(CCl)s1. The monoisotopic (exact) mass is 349 g/mol. The molecule has 0 aliphatic carbocycles. The Bertz CT molecular complexity index is 681. The molecule has 108 valence electrons. The summed E-state index contributed by atoms with van der Waals surface area (Å²) in [6.45, 7) is 0.299. The summed E-state index contributed by atoms with van der Waals surface area (Å²) in [7, 11) is -1.92. The van der Waals surface area contributed by atoms with Crippen LogP contribution in [0, 0.1) is 0 Å². The summed E-state index contributed by atoms with van der Waals surface area (Å²) < 4.78 is 26.4. The summed E-state index contributed by atoms with van der Waals surface area (Å²) in [4.78, 5) is 0.838. The molecule has 1 heterocycles. The Balaban J connectivity index is 2.18. The highest BCUT2D eigenvalue weighted by molar-refractivity contribution is 7.91. The van der Waals surface area contributed by atoms with Crippen molar-refractivity contribution in [1.29, 1.82) is 0 Å². The number of rotatable bonds is 5. The minimum Gasteiger partial charge on any atom is -0.206 e. The molecule has 20 heavy (non-hydrogen) atoms. The van der Waals surface area contributed by atoms with Gasteiger partial charge in [-0.1, -0.05) is 23.7 Å². The van der Waals surface area contributed by atoms with Crippen molar-refractivity contribution in [3.63, 3.8) is 0 Å². The summed E-state index contributed by atoms with van der Waals surface area (Å²) in [5.41, 5.74) is 0.884. The van der Waals surface area contributed by atoms with Crippen LogP contribution in [0.4, 0.5) is 0 Å². The molecule has 0 radical (unpaired) electrons. The second-order valence-electron chi connectivity index (χ2n) is 4.24. The van der Waals surface area contributed by atoms with E-state index in [1.54, 1.807) is 31.3 Å². The first-order valence-corrected chi connectivity index (χ1v) is 8.96. The van der Waals surface area contributed by atoms with Gasteiger partial charge < -0.3 is 0 Å². The van der Waals surface area contributed by atoms with Crippen molar-refractivity contribution < 1.29 is 8.42 Å². The smallest absolute Gasteiger partial charge is 0.206 e. The normalized spacial score (nSPS) is 12.0. The van der Waals surface area contributed by atoms with Crippen LogP contribution in [-0.2, 0) is 22.4 Å². The minimum absolute atomic E-state index is 0.299. The van der Waals surface area contributed by atoms with Crippen LogP contribution in [0.1, 0.15) is 10.4 Å². The fraction of sp³-hybridized carbons (Fsp3) is 0.231. The molecule has 0 fully saturated rings. The third-order valence-electron chi connectivity index (χ3n) is 2.75. The molecule has 3 nitrogen and oxygen atoms in total. The quantitative estimate of drug-likeness (QED) is 0.766. The fourth-order valence-corrected chi connectivity index (χ4v) is 4.61. The number of thiophene rings is 1. The van der Waals surface area contributed by atoms with Gasteiger partial charge in [0.25, 0.3) is 10.0 Å². The lowest BCUT2D eigenvalue weighted by molar-refractivity contribution is 0.468. The van der Waals surface area contributed by atoms with Crippen LogP contribution in [0.5, 0.6) is 0 Å². The molecule has 0 aliphatic heterocycles. The Morgan fingerprint density at radius 2 is 1.80 bits per heavy atom. The van der Waals surface area contributed by atoms with Gasteiger partial charge in [-0.25, -0.2) is 8.42 Å². The zero-order chi connectivity index (χ0) is 14.8. The highest BCUT2D eigenvalue weighted by Crippen LogP contribution is 2.26. The zero-order valence-electron chi connectivity index (χ0n) is 10.7. The van der Waals surface area contributed by atoms with Crippen LogP contribution in [0.15, 0.2) is 40.6 Å². The molecule has 1 aromatic carbocycles. The Kier molecular flexibility index (Phi) is 5.09. The fourth-order valence-electron chi connectivity index (χ4n) is 1.65. The van der Waals surface area contributed by atoms with E-state index in [-0.39, 0.29) is 0 Å². The predicted molar refractivity (Wildman–Crippen MR) is 84.0 cm³/mol. The van der Waals surface area contributed by atoms with E-state index in [2.05, 4.69) is 0 Å². The molecule has 0 saturated heterocycles. The van der Waals surface area contributed by atoms with Crippen molar-refractivity contribution >= 4 is 44.6 Å². The van der Waals surface area contributed by atoms with Gasteiger partial charge in [0.05, 0.1) is 5.88 Å². The van der Waals surface area contributed by atoms with Gasteiger partial charge >= 0.3 is 0 Å². The van der Waals surface area contributed by atoms with Crippen molar-refractivity contribution in [2.75, 3.05) is 7.05 Å². The first-order chi connectivity index (χ1) is 9.43. The van der Waals surface area contributed by atoms with Gasteiger partial charge in [-0.15, -0.1) is 22.9 Å². The van der Waals surface area contributed by atoms with Gasteiger partial charge in [-0.05, 0) is 29.8 Å². The maximum Gasteiger partial charge on any atom is 0.252 e. The van der Waals surface area contributed by atoms with Crippen LogP contribution in [-0.4, -0.2) is 19.8 Å². The maximum atomic E-state index is 12.4. The van der Waals surface area contributed by atoms with Crippen LogP contribution < -0.4 is 0 Å². The van der Waals surface area contributed by atoms with Gasteiger partial charge in [0, 0.05) is 23.5 Å². The van der Waals surface area contributed by atoms with Crippen molar-refractivity contribution in [3.8, 4) is 0 Å². The van der Waals surface area contributed by atoms with Crippen LogP contribution >= 0.6 is 34.5 Å². The summed E-state index contributed by atoms with van der Waals surface area (Å²) in [6, 6.07) is 10.4. The first-order valence-electron chi connectivity index (χ1n) is 5.79. The maximum absolute atomic E-state index is 12.4. The van der Waals surface area contributed by atoms with E-state index in [1.165, 1.54) is 15.6 Å². The molecular weight excluding hydrogens is 337 g/mol. The molecule has 0 amide bonds. The largest absolute Gasteiger partial charge is 0.252 e. The first kappa shape index (κ1) is 15.8. The molecule has 7 heteroatoms. The number of sulfonamides is 1. The number of alkyl halides is 1. The van der Waals surface area contributed by atoms with Crippen molar-refractivity contribution in [2.45, 2.75) is 16.6 Å². The molecule has 0 saturated carbocycles. The molecule has 0 aliphatic rings. The lowest BCUT2D eigenvalue weighted by Gasteiger charge is -2.16. The van der Waals surface area contributed by atoms with Gasteiger partial charge in [-0.3, -0.25) is 0 Å². The Morgan fingerprint density at radius 3 is 2.35 bits per heavy atom. The van der Waals surface area contributed by atoms with E-state index in [4.69, 9.17) is 23.2 Å². The van der Waals surface area contributed by atoms with Gasteiger partial charge in [0.1, 0.15) is 4.21 Å². The topological polar surface area (TPSA) is 37.4 Å². The van der Waals surface area contributed by atoms with Gasteiger partial charge in [0.2, 0.25) is 0 Å². The van der Waals surface area contributed by atoms with E-state index in [0.29, 0.717) is 21.7 Å². The van der Waals surface area contributed by atoms with E-state index in [1.807, 2.05) is 12.1 Å². The van der Waals surface area contributed by atoms with E-state index >= 15 is 0 Å². The van der Waals surface area contributed by atoms with Crippen LogP contribution in [0.3, 0.4) is 0 Å². The number of nitrogens with zero attached hydrogens (tertiary/aromatic N) is 1. The van der Waals surface area contributed by atoms with Crippen LogP contribution in [0.2, 0.25) is 5.02 Å². The molecule has 0 spiro atoms. The molecule has 1 aromatic heterocycles. The number of halogens is 2. The van der Waals surface area contributed by atoms with E-state index in [0.717, 1.165) is 10.4 Å². The lowest BCUT2D eigenvalue weighted by atomic mass is 10.2. The number of hydrogen-bond donors (Lipinski definition) is 0. The molecule has 0 bridgehead atoms. The zero-order valence-corrected chi connectivity index (χ0v) is 13.9. The molecule has 2 aromatic rings. The highest BCUT2D eigenvalue weighted by atomic mass is 35.5. The summed E-state index contributed by atoms with van der Waals surface area (Å²) in [5, 5.41) is 0.629. The van der Waals surface area contributed by atoms with Crippen molar-refractivity contribution in [2.24, 2.45) is 0 Å². The number of benzene rings is 1. The third kappa shape index (κ3) is 3.54. The number of hydrogen-bond acceptors (Lipinski definition) is 3. The lowest BCUT2D eigenvalue weighted by Crippen LogP contribution is -2.25. The molecule has 0 N–H and O–H groups in total. The minimum atomic E-state index is -3.48. The van der Waals surface area contributed by atoms with Crippen molar-refractivity contribution in [3.05, 3.63) is 51.9 Å². The standard InChI is InChI=1S/C13H13Cl2NO2S2/c1-16(9-10-2-4-11(15)5-3-10)20(17,18)13-7-6-12(8-14)19-13/h2-7H,8-9H2,1H3. The van der Waals surface area contributed by atoms with Crippen LogP contribution in [0.25, 0.3) is 0 Å².